The number of thiazole rings is 1. The Balaban J connectivity index is 1.68. The van der Waals surface area contributed by atoms with Gasteiger partial charge in [-0.05, 0) is 29.1 Å². The quantitative estimate of drug-likeness (QED) is 0.419. The Morgan fingerprint density at radius 3 is 2.52 bits per heavy atom. The summed E-state index contributed by atoms with van der Waals surface area (Å²) in [5, 5.41) is 9.50. The Labute approximate surface area is 198 Å². The number of anilines is 1. The molecule has 0 aliphatic heterocycles. The SMILES string of the molecule is COC(=O)CC(NC(=O)Cc1csc(NC(=O)c2cccs2)n1)c1ccc(OC)c(OC)c1. The lowest BCUT2D eigenvalue weighted by Gasteiger charge is -2.19. The van der Waals surface area contributed by atoms with Gasteiger partial charge in [-0.2, -0.15) is 0 Å². The van der Waals surface area contributed by atoms with Crippen molar-refractivity contribution in [3.8, 4) is 11.5 Å². The maximum atomic E-state index is 12.7. The van der Waals surface area contributed by atoms with E-state index in [0.717, 1.165) is 0 Å². The van der Waals surface area contributed by atoms with Crippen molar-refractivity contribution in [2.45, 2.75) is 18.9 Å². The zero-order chi connectivity index (χ0) is 23.8. The lowest BCUT2D eigenvalue weighted by Crippen LogP contribution is -2.31. The van der Waals surface area contributed by atoms with E-state index in [0.29, 0.717) is 32.8 Å². The second-order valence-corrected chi connectivity index (χ2v) is 8.57. The highest BCUT2D eigenvalue weighted by Gasteiger charge is 2.21. The van der Waals surface area contributed by atoms with Crippen LogP contribution >= 0.6 is 22.7 Å². The van der Waals surface area contributed by atoms with Crippen LogP contribution in [0.3, 0.4) is 0 Å². The van der Waals surface area contributed by atoms with Crippen molar-refractivity contribution in [1.82, 2.24) is 10.3 Å². The predicted molar refractivity (Wildman–Crippen MR) is 125 cm³/mol. The Morgan fingerprint density at radius 2 is 1.85 bits per heavy atom. The lowest BCUT2D eigenvalue weighted by atomic mass is 10.0. The number of aromatic nitrogens is 1. The number of rotatable bonds is 10. The first kappa shape index (κ1) is 24.2. The van der Waals surface area contributed by atoms with Gasteiger partial charge in [-0.25, -0.2) is 4.98 Å². The Morgan fingerprint density at radius 1 is 1.06 bits per heavy atom. The molecule has 0 aliphatic rings. The van der Waals surface area contributed by atoms with E-state index in [4.69, 9.17) is 14.2 Å². The van der Waals surface area contributed by atoms with Crippen LogP contribution in [-0.2, 0) is 20.7 Å². The van der Waals surface area contributed by atoms with Gasteiger partial charge in [0.25, 0.3) is 5.91 Å². The summed E-state index contributed by atoms with van der Waals surface area (Å²) in [6.45, 7) is 0. The molecule has 0 saturated heterocycles. The van der Waals surface area contributed by atoms with Gasteiger partial charge in [0, 0.05) is 5.38 Å². The largest absolute Gasteiger partial charge is 0.493 e. The molecule has 1 atom stereocenters. The lowest BCUT2D eigenvalue weighted by molar-refractivity contribution is -0.141. The van der Waals surface area contributed by atoms with E-state index < -0.39 is 12.0 Å². The van der Waals surface area contributed by atoms with Crippen molar-refractivity contribution >= 4 is 45.6 Å². The maximum Gasteiger partial charge on any atom is 0.307 e. The van der Waals surface area contributed by atoms with Crippen molar-refractivity contribution in [3.05, 3.63) is 57.2 Å². The molecular weight excluding hydrogens is 466 g/mol. The van der Waals surface area contributed by atoms with Crippen LogP contribution < -0.4 is 20.1 Å². The molecule has 0 aliphatic carbocycles. The molecule has 11 heteroatoms. The Hall–Kier alpha value is -3.44. The van der Waals surface area contributed by atoms with Crippen LogP contribution in [0.15, 0.2) is 41.1 Å². The topological polar surface area (TPSA) is 116 Å². The monoisotopic (exact) mass is 489 g/mol. The fourth-order valence-corrected chi connectivity index (χ4v) is 4.32. The predicted octanol–water partition coefficient (Wildman–Crippen LogP) is 3.44. The number of esters is 1. The second-order valence-electron chi connectivity index (χ2n) is 6.77. The maximum absolute atomic E-state index is 12.7. The number of ether oxygens (including phenoxy) is 3. The minimum Gasteiger partial charge on any atom is -0.493 e. The number of benzene rings is 1. The molecule has 1 aromatic carbocycles. The Bertz CT molecular complexity index is 1110. The summed E-state index contributed by atoms with van der Waals surface area (Å²) >= 11 is 2.56. The van der Waals surface area contributed by atoms with Crippen LogP contribution in [0.4, 0.5) is 5.13 Å². The van der Waals surface area contributed by atoms with Gasteiger partial charge >= 0.3 is 5.97 Å². The molecule has 1 unspecified atom stereocenters. The standard InChI is InChI=1S/C22H23N3O6S2/c1-29-16-7-6-13(9-17(16)30-2)15(11-20(27)31-3)24-19(26)10-14-12-33-22(23-14)25-21(28)18-5-4-8-32-18/h4-9,12,15H,10-11H2,1-3H3,(H,24,26)(H,23,25,28). The van der Waals surface area contributed by atoms with Gasteiger partial charge in [0.1, 0.15) is 0 Å². The van der Waals surface area contributed by atoms with Crippen molar-refractivity contribution in [3.63, 3.8) is 0 Å². The molecule has 3 rings (SSSR count). The zero-order valence-corrected chi connectivity index (χ0v) is 19.9. The molecule has 2 aromatic heterocycles. The van der Waals surface area contributed by atoms with Gasteiger partial charge in [0.2, 0.25) is 5.91 Å². The number of amides is 2. The molecule has 174 valence electrons. The molecule has 0 fully saturated rings. The van der Waals surface area contributed by atoms with Crippen molar-refractivity contribution in [1.29, 1.82) is 0 Å². The normalized spacial score (nSPS) is 11.4. The minimum absolute atomic E-state index is 0.0175. The smallest absolute Gasteiger partial charge is 0.307 e. The average Bonchev–Trinajstić information content (AvgIpc) is 3.50. The molecule has 33 heavy (non-hydrogen) atoms. The van der Waals surface area contributed by atoms with Gasteiger partial charge in [-0.3, -0.25) is 19.7 Å². The second kappa shape index (κ2) is 11.4. The van der Waals surface area contributed by atoms with E-state index >= 15 is 0 Å². The first-order valence-corrected chi connectivity index (χ1v) is 11.6. The number of hydrogen-bond acceptors (Lipinski definition) is 9. The molecule has 0 bridgehead atoms. The number of nitrogens with zero attached hydrogens (tertiary/aromatic N) is 1. The number of carbonyl (C=O) groups excluding carboxylic acids is 3. The average molecular weight is 490 g/mol. The third-order valence-corrected chi connectivity index (χ3v) is 6.28. The van der Waals surface area contributed by atoms with Gasteiger partial charge in [-0.1, -0.05) is 12.1 Å². The van der Waals surface area contributed by atoms with Gasteiger partial charge in [0.15, 0.2) is 16.6 Å². The van der Waals surface area contributed by atoms with Crippen molar-refractivity contribution < 1.29 is 28.6 Å². The van der Waals surface area contributed by atoms with Crippen molar-refractivity contribution in [2.24, 2.45) is 0 Å². The molecule has 9 nitrogen and oxygen atoms in total. The molecule has 3 aromatic rings. The first-order chi connectivity index (χ1) is 15.9. The summed E-state index contributed by atoms with van der Waals surface area (Å²) in [6, 6.07) is 8.02. The highest BCUT2D eigenvalue weighted by Crippen LogP contribution is 2.31. The van der Waals surface area contributed by atoms with E-state index in [-0.39, 0.29) is 24.7 Å². The number of carbonyl (C=O) groups is 3. The summed E-state index contributed by atoms with van der Waals surface area (Å²) in [5.41, 5.74) is 1.16. The molecule has 0 radical (unpaired) electrons. The highest BCUT2D eigenvalue weighted by atomic mass is 32.1. The van der Waals surface area contributed by atoms with Crippen LogP contribution in [0.1, 0.15) is 33.4 Å². The third-order valence-electron chi connectivity index (χ3n) is 4.60. The molecule has 0 spiro atoms. The van der Waals surface area contributed by atoms with Crippen LogP contribution in [0.2, 0.25) is 0 Å². The summed E-state index contributed by atoms with van der Waals surface area (Å²) in [6.07, 6.45) is -0.0761. The summed E-state index contributed by atoms with van der Waals surface area (Å²) in [7, 11) is 4.32. The Kier molecular flexibility index (Phi) is 8.39. The van der Waals surface area contributed by atoms with E-state index in [1.54, 1.807) is 35.7 Å². The zero-order valence-electron chi connectivity index (χ0n) is 18.2. The van der Waals surface area contributed by atoms with Gasteiger partial charge in [0.05, 0.1) is 50.8 Å². The number of hydrogen-bond donors (Lipinski definition) is 2. The number of methoxy groups -OCH3 is 3. The van der Waals surface area contributed by atoms with E-state index in [2.05, 4.69) is 15.6 Å². The van der Waals surface area contributed by atoms with Gasteiger partial charge < -0.3 is 19.5 Å². The van der Waals surface area contributed by atoms with E-state index in [1.807, 2.05) is 5.38 Å². The minimum atomic E-state index is -0.638. The fourth-order valence-electron chi connectivity index (χ4n) is 2.99. The summed E-state index contributed by atoms with van der Waals surface area (Å²) < 4.78 is 15.3. The van der Waals surface area contributed by atoms with Crippen LogP contribution in [0.5, 0.6) is 11.5 Å². The number of nitrogens with one attached hydrogen (secondary N) is 2. The molecule has 2 heterocycles. The number of thiophene rings is 1. The highest BCUT2D eigenvalue weighted by molar-refractivity contribution is 7.14. The van der Waals surface area contributed by atoms with Gasteiger partial charge in [-0.15, -0.1) is 22.7 Å². The third kappa shape index (κ3) is 6.53. The van der Waals surface area contributed by atoms with Crippen molar-refractivity contribution in [2.75, 3.05) is 26.6 Å². The fraction of sp³-hybridized carbons (Fsp3) is 0.273. The van der Waals surface area contributed by atoms with Crippen LogP contribution in [-0.4, -0.2) is 44.1 Å². The summed E-state index contributed by atoms with van der Waals surface area (Å²) in [5.74, 6) is -0.0434. The molecule has 2 amide bonds. The molecule has 0 saturated carbocycles. The molecular formula is C22H23N3O6S2. The van der Waals surface area contributed by atoms with Crippen LogP contribution in [0, 0.1) is 0 Å². The van der Waals surface area contributed by atoms with Crippen LogP contribution in [0.25, 0.3) is 0 Å². The van der Waals surface area contributed by atoms with E-state index in [9.17, 15) is 14.4 Å². The summed E-state index contributed by atoms with van der Waals surface area (Å²) in [4.78, 5) is 41.7. The molecule has 2 N–H and O–H groups in total. The van der Waals surface area contributed by atoms with E-state index in [1.165, 1.54) is 44.0 Å². The first-order valence-electron chi connectivity index (χ1n) is 9.80.